The molecule has 0 aliphatic carbocycles. The highest BCUT2D eigenvalue weighted by Gasteiger charge is 2.20. The van der Waals surface area contributed by atoms with E-state index in [9.17, 15) is 4.79 Å². The molecule has 13 heavy (non-hydrogen) atoms. The second kappa shape index (κ2) is 6.01. The Hall–Kier alpha value is -0.530. The Morgan fingerprint density at radius 3 is 2.00 bits per heavy atom. The molecule has 2 heteroatoms. The van der Waals surface area contributed by atoms with Crippen molar-refractivity contribution in [1.82, 2.24) is 0 Å². The van der Waals surface area contributed by atoms with E-state index in [4.69, 9.17) is 5.11 Å². The molecule has 0 heterocycles. The summed E-state index contributed by atoms with van der Waals surface area (Å²) in [5, 5.41) is 8.91. The van der Waals surface area contributed by atoms with Crippen LogP contribution < -0.4 is 0 Å². The molecule has 0 aliphatic heterocycles. The lowest BCUT2D eigenvalue weighted by Crippen LogP contribution is -2.19. The Labute approximate surface area is 81.3 Å². The summed E-state index contributed by atoms with van der Waals surface area (Å²) in [6, 6.07) is 0. The molecule has 0 aromatic carbocycles. The van der Waals surface area contributed by atoms with E-state index in [1.807, 2.05) is 13.8 Å². The van der Waals surface area contributed by atoms with E-state index in [0.29, 0.717) is 5.92 Å². The van der Waals surface area contributed by atoms with Crippen LogP contribution >= 0.6 is 0 Å². The quantitative estimate of drug-likeness (QED) is 0.691. The van der Waals surface area contributed by atoms with Crippen LogP contribution in [0.1, 0.15) is 47.0 Å². The maximum Gasteiger partial charge on any atom is 0.306 e. The van der Waals surface area contributed by atoms with E-state index in [0.717, 1.165) is 19.3 Å². The first kappa shape index (κ1) is 12.5. The molecule has 0 aromatic heterocycles. The zero-order valence-corrected chi connectivity index (χ0v) is 9.21. The topological polar surface area (TPSA) is 37.3 Å². The van der Waals surface area contributed by atoms with Gasteiger partial charge in [0.25, 0.3) is 0 Å². The number of hydrogen-bond donors (Lipinski definition) is 1. The Morgan fingerprint density at radius 1 is 1.15 bits per heavy atom. The number of carboxylic acid groups (broad SMARTS) is 1. The van der Waals surface area contributed by atoms with Gasteiger partial charge in [-0.15, -0.1) is 0 Å². The minimum Gasteiger partial charge on any atom is -0.481 e. The highest BCUT2D eigenvalue weighted by molar-refractivity contribution is 5.70. The third kappa shape index (κ3) is 5.67. The molecule has 0 rings (SSSR count). The average molecular weight is 186 g/mol. The predicted molar refractivity (Wildman–Crippen MR) is 54.7 cm³/mol. The summed E-state index contributed by atoms with van der Waals surface area (Å²) in [6.07, 6.45) is 2.99. The summed E-state index contributed by atoms with van der Waals surface area (Å²) < 4.78 is 0. The van der Waals surface area contributed by atoms with Crippen LogP contribution in [0.2, 0.25) is 0 Å². The van der Waals surface area contributed by atoms with Gasteiger partial charge in [-0.3, -0.25) is 4.79 Å². The first-order valence-corrected chi connectivity index (χ1v) is 5.18. The predicted octanol–water partition coefficient (Wildman–Crippen LogP) is 3.17. The minimum absolute atomic E-state index is 0.154. The molecule has 1 N–H and O–H groups in total. The standard InChI is InChI=1S/C11H22O2/c1-8(2)6-5-7-10(9(3)4)11(12)13/h8-10H,5-7H2,1-4H3,(H,12,13). The lowest BCUT2D eigenvalue weighted by atomic mass is 9.89. The molecule has 0 amide bonds. The molecule has 0 radical (unpaired) electrons. The van der Waals surface area contributed by atoms with E-state index >= 15 is 0 Å². The SMILES string of the molecule is CC(C)CCCC(C(=O)O)C(C)C. The number of hydrogen-bond acceptors (Lipinski definition) is 1. The van der Waals surface area contributed by atoms with Gasteiger partial charge < -0.3 is 5.11 Å². The number of carboxylic acids is 1. The summed E-state index contributed by atoms with van der Waals surface area (Å²) in [7, 11) is 0. The van der Waals surface area contributed by atoms with E-state index < -0.39 is 5.97 Å². The van der Waals surface area contributed by atoms with Gasteiger partial charge in [-0.05, 0) is 18.3 Å². The van der Waals surface area contributed by atoms with Crippen molar-refractivity contribution in [3.05, 3.63) is 0 Å². The molecule has 0 spiro atoms. The summed E-state index contributed by atoms with van der Waals surface area (Å²) in [5.74, 6) is 0.142. The average Bonchev–Trinajstić information content (AvgIpc) is 1.95. The molecule has 1 atom stereocenters. The zero-order chi connectivity index (χ0) is 10.4. The smallest absolute Gasteiger partial charge is 0.306 e. The number of carbonyl (C=O) groups is 1. The molecular formula is C11H22O2. The molecule has 1 unspecified atom stereocenters. The summed E-state index contributed by atoms with van der Waals surface area (Å²) in [5.41, 5.74) is 0. The summed E-state index contributed by atoms with van der Waals surface area (Å²) >= 11 is 0. The highest BCUT2D eigenvalue weighted by Crippen LogP contribution is 2.19. The van der Waals surface area contributed by atoms with Crippen LogP contribution in [0.3, 0.4) is 0 Å². The Morgan fingerprint density at radius 2 is 1.69 bits per heavy atom. The molecule has 0 aliphatic rings. The van der Waals surface area contributed by atoms with E-state index in [1.165, 1.54) is 0 Å². The van der Waals surface area contributed by atoms with Gasteiger partial charge in [-0.2, -0.15) is 0 Å². The van der Waals surface area contributed by atoms with Crippen LogP contribution in [0.5, 0.6) is 0 Å². The molecule has 0 saturated carbocycles. The number of aliphatic carboxylic acids is 1. The fourth-order valence-corrected chi connectivity index (χ4v) is 1.49. The van der Waals surface area contributed by atoms with Crippen molar-refractivity contribution >= 4 is 5.97 Å². The van der Waals surface area contributed by atoms with Crippen LogP contribution in [0.15, 0.2) is 0 Å². The Bertz CT molecular complexity index is 150. The van der Waals surface area contributed by atoms with E-state index in [1.54, 1.807) is 0 Å². The van der Waals surface area contributed by atoms with E-state index in [-0.39, 0.29) is 11.8 Å². The second-order valence-corrected chi connectivity index (χ2v) is 4.51. The van der Waals surface area contributed by atoms with Crippen molar-refractivity contribution in [2.24, 2.45) is 17.8 Å². The third-order valence-electron chi connectivity index (χ3n) is 2.42. The lowest BCUT2D eigenvalue weighted by molar-refractivity contribution is -0.143. The van der Waals surface area contributed by atoms with Gasteiger partial charge in [0.05, 0.1) is 5.92 Å². The first-order chi connectivity index (χ1) is 5.95. The van der Waals surface area contributed by atoms with Crippen LogP contribution in [-0.4, -0.2) is 11.1 Å². The van der Waals surface area contributed by atoms with Gasteiger partial charge >= 0.3 is 5.97 Å². The van der Waals surface area contributed by atoms with Crippen molar-refractivity contribution < 1.29 is 9.90 Å². The Balaban J connectivity index is 3.77. The van der Waals surface area contributed by atoms with Gasteiger partial charge in [0.2, 0.25) is 0 Å². The van der Waals surface area contributed by atoms with Gasteiger partial charge in [-0.1, -0.05) is 40.5 Å². The molecule has 0 fully saturated rings. The number of rotatable bonds is 6. The van der Waals surface area contributed by atoms with Gasteiger partial charge in [0, 0.05) is 0 Å². The molecule has 0 bridgehead atoms. The van der Waals surface area contributed by atoms with Gasteiger partial charge in [-0.25, -0.2) is 0 Å². The fraction of sp³-hybridized carbons (Fsp3) is 0.909. The largest absolute Gasteiger partial charge is 0.481 e. The lowest BCUT2D eigenvalue weighted by Gasteiger charge is -2.16. The summed E-state index contributed by atoms with van der Waals surface area (Å²) in [4.78, 5) is 10.8. The monoisotopic (exact) mass is 186 g/mol. The maximum atomic E-state index is 10.8. The van der Waals surface area contributed by atoms with Crippen LogP contribution in [-0.2, 0) is 4.79 Å². The van der Waals surface area contributed by atoms with Crippen molar-refractivity contribution in [2.75, 3.05) is 0 Å². The Kier molecular flexibility index (Phi) is 5.76. The van der Waals surface area contributed by atoms with Crippen LogP contribution in [0.4, 0.5) is 0 Å². The second-order valence-electron chi connectivity index (χ2n) is 4.51. The molecule has 0 aromatic rings. The third-order valence-corrected chi connectivity index (χ3v) is 2.42. The van der Waals surface area contributed by atoms with Crippen LogP contribution in [0.25, 0.3) is 0 Å². The molecule has 0 saturated heterocycles. The first-order valence-electron chi connectivity index (χ1n) is 5.18. The van der Waals surface area contributed by atoms with Gasteiger partial charge in [0.15, 0.2) is 0 Å². The van der Waals surface area contributed by atoms with Crippen molar-refractivity contribution in [3.63, 3.8) is 0 Å². The van der Waals surface area contributed by atoms with Gasteiger partial charge in [0.1, 0.15) is 0 Å². The highest BCUT2D eigenvalue weighted by atomic mass is 16.4. The molecular weight excluding hydrogens is 164 g/mol. The van der Waals surface area contributed by atoms with Crippen LogP contribution in [0, 0.1) is 17.8 Å². The molecule has 78 valence electrons. The van der Waals surface area contributed by atoms with Crippen molar-refractivity contribution in [3.8, 4) is 0 Å². The molecule has 2 nitrogen and oxygen atoms in total. The zero-order valence-electron chi connectivity index (χ0n) is 9.21. The van der Waals surface area contributed by atoms with Crippen molar-refractivity contribution in [2.45, 2.75) is 47.0 Å². The minimum atomic E-state index is -0.640. The fourth-order valence-electron chi connectivity index (χ4n) is 1.49. The normalized spacial score (nSPS) is 13.7. The van der Waals surface area contributed by atoms with E-state index in [2.05, 4.69) is 13.8 Å². The summed E-state index contributed by atoms with van der Waals surface area (Å²) in [6.45, 7) is 8.30. The van der Waals surface area contributed by atoms with Crippen molar-refractivity contribution in [1.29, 1.82) is 0 Å². The maximum absolute atomic E-state index is 10.8.